The summed E-state index contributed by atoms with van der Waals surface area (Å²) in [5.41, 5.74) is 2.02. The summed E-state index contributed by atoms with van der Waals surface area (Å²) in [6.07, 6.45) is 7.72. The van der Waals surface area contributed by atoms with E-state index in [2.05, 4.69) is 48.1 Å². The third kappa shape index (κ3) is 9.72. The second-order valence-electron chi connectivity index (χ2n) is 23.5. The maximum absolute atomic E-state index is 13.1. The number of carbonyl (C=O) groups excluding carboxylic acids is 2. The number of piperazine rings is 1. The largest absolute Gasteiger partial charge is 0.352 e. The topological polar surface area (TPSA) is 157 Å². The SMILES string of the molecule is C[C@@H]1CCC2[C@@H](C)[C@@H](OCc3ccc(C(=O)NCCCN4CCN(CCCNC(=O)c5ccc(CO[C@H]6OC7O[C@@]8(C)CCC9[C@H](C)CCC([C@H]6C)[C@@]79OO8)cc5)CC4)cc3)OC3O[C@@]4(C)CCC1[C@]32OO4. The van der Waals surface area contributed by atoms with Crippen LogP contribution in [0.25, 0.3) is 0 Å². The summed E-state index contributed by atoms with van der Waals surface area (Å²) in [6, 6.07) is 15.3. The van der Waals surface area contributed by atoms with E-state index in [0.29, 0.717) is 61.1 Å². The van der Waals surface area contributed by atoms with E-state index in [4.69, 9.17) is 48.0 Å². The molecule has 9 saturated heterocycles. The van der Waals surface area contributed by atoms with Crippen molar-refractivity contribution >= 4 is 11.8 Å². The number of hydrogen-bond donors (Lipinski definition) is 2. The van der Waals surface area contributed by atoms with E-state index in [1.54, 1.807) is 0 Å². The van der Waals surface area contributed by atoms with Crippen molar-refractivity contribution in [2.45, 2.75) is 167 Å². The Morgan fingerprint density at radius 3 is 1.36 bits per heavy atom. The van der Waals surface area contributed by atoms with E-state index in [1.165, 1.54) is 0 Å². The van der Waals surface area contributed by atoms with Crippen molar-refractivity contribution in [1.82, 2.24) is 20.4 Å². The van der Waals surface area contributed by atoms with Gasteiger partial charge in [0.25, 0.3) is 11.8 Å². The van der Waals surface area contributed by atoms with Crippen LogP contribution in [0.15, 0.2) is 48.5 Å². The van der Waals surface area contributed by atoms with Gasteiger partial charge in [-0.2, -0.15) is 0 Å². The highest BCUT2D eigenvalue weighted by molar-refractivity contribution is 5.94. The fraction of sp³-hybridized carbons (Fsp3) is 0.750. The fourth-order valence-corrected chi connectivity index (χ4v) is 14.4. The van der Waals surface area contributed by atoms with Crippen molar-refractivity contribution in [3.63, 3.8) is 0 Å². The normalized spacial score (nSPS) is 41.4. The van der Waals surface area contributed by atoms with Crippen LogP contribution in [-0.4, -0.2) is 122 Å². The zero-order valence-corrected chi connectivity index (χ0v) is 43.5. The highest BCUT2D eigenvalue weighted by atomic mass is 17.3. The lowest BCUT2D eigenvalue weighted by Gasteiger charge is -2.60. The molecular formula is C56H80N4O12. The van der Waals surface area contributed by atoms with Gasteiger partial charge in [0, 0.05) is 86.9 Å². The first kappa shape index (κ1) is 51.0. The quantitative estimate of drug-likeness (QED) is 0.125. The smallest absolute Gasteiger partial charge is 0.251 e. The van der Waals surface area contributed by atoms with Crippen LogP contribution in [0.2, 0.25) is 0 Å². The molecule has 0 radical (unpaired) electrons. The molecule has 11 fully saturated rings. The summed E-state index contributed by atoms with van der Waals surface area (Å²) in [6.45, 7) is 20.7. The van der Waals surface area contributed by atoms with E-state index in [9.17, 15) is 9.59 Å². The van der Waals surface area contributed by atoms with Crippen molar-refractivity contribution < 1.29 is 57.6 Å². The van der Waals surface area contributed by atoms with Gasteiger partial charge >= 0.3 is 0 Å². The lowest BCUT2D eigenvalue weighted by atomic mass is 9.58. The Hall–Kier alpha value is -3.10. The zero-order chi connectivity index (χ0) is 49.8. The van der Waals surface area contributed by atoms with E-state index < -0.39 is 47.9 Å². The molecule has 2 aromatic carbocycles. The Labute approximate surface area is 425 Å². The second-order valence-corrected chi connectivity index (χ2v) is 23.5. The van der Waals surface area contributed by atoms with E-state index in [0.717, 1.165) is 115 Å². The first-order valence-corrected chi connectivity index (χ1v) is 27.6. The predicted octanol–water partition coefficient (Wildman–Crippen LogP) is 7.69. The Morgan fingerprint density at radius 1 is 0.556 bits per heavy atom. The molecule has 16 atom stereocenters. The number of carbonyl (C=O) groups is 2. The molecule has 2 aliphatic carbocycles. The summed E-state index contributed by atoms with van der Waals surface area (Å²) >= 11 is 0. The molecule has 9 aliphatic heterocycles. The van der Waals surface area contributed by atoms with Crippen LogP contribution in [-0.2, 0) is 61.2 Å². The second kappa shape index (κ2) is 20.8. The Balaban J connectivity index is 0.548. The van der Waals surface area contributed by atoms with Gasteiger partial charge in [-0.3, -0.25) is 9.59 Å². The maximum atomic E-state index is 13.1. The van der Waals surface area contributed by atoms with Gasteiger partial charge in [0.2, 0.25) is 11.6 Å². The molecule has 13 rings (SSSR count). The van der Waals surface area contributed by atoms with E-state index >= 15 is 0 Å². The zero-order valence-electron chi connectivity index (χ0n) is 43.5. The van der Waals surface area contributed by atoms with E-state index in [-0.39, 0.29) is 35.5 Å². The summed E-state index contributed by atoms with van der Waals surface area (Å²) in [5.74, 6) is 0.504. The summed E-state index contributed by atoms with van der Waals surface area (Å²) in [5, 5.41) is 6.21. The first-order valence-electron chi connectivity index (χ1n) is 27.6. The first-order chi connectivity index (χ1) is 34.8. The third-order valence-electron chi connectivity index (χ3n) is 18.8. The fourth-order valence-electron chi connectivity index (χ4n) is 14.4. The number of nitrogens with one attached hydrogen (secondary N) is 2. The van der Waals surface area contributed by atoms with Gasteiger partial charge in [0.15, 0.2) is 36.4 Å². The molecule has 0 aromatic heterocycles. The van der Waals surface area contributed by atoms with Crippen LogP contribution in [0.3, 0.4) is 0 Å². The van der Waals surface area contributed by atoms with Crippen molar-refractivity contribution in [1.29, 1.82) is 0 Å². The van der Waals surface area contributed by atoms with Crippen LogP contribution in [0.1, 0.15) is 138 Å². The molecule has 9 heterocycles. The lowest BCUT2D eigenvalue weighted by Crippen LogP contribution is -2.70. The van der Waals surface area contributed by atoms with Crippen molar-refractivity contribution in [2.75, 3.05) is 52.4 Å². The van der Waals surface area contributed by atoms with Crippen LogP contribution in [0, 0.1) is 47.3 Å². The van der Waals surface area contributed by atoms with Gasteiger partial charge < -0.3 is 48.9 Å². The maximum Gasteiger partial charge on any atom is 0.251 e. The van der Waals surface area contributed by atoms with Gasteiger partial charge in [-0.15, -0.1) is 0 Å². The molecule has 2 saturated carbocycles. The van der Waals surface area contributed by atoms with Crippen LogP contribution >= 0.6 is 0 Å². The van der Waals surface area contributed by atoms with Crippen LogP contribution in [0.4, 0.5) is 0 Å². The van der Waals surface area contributed by atoms with Gasteiger partial charge in [0.1, 0.15) is 0 Å². The van der Waals surface area contributed by atoms with Crippen molar-refractivity contribution in [3.8, 4) is 0 Å². The van der Waals surface area contributed by atoms with E-state index in [1.807, 2.05) is 62.4 Å². The standard InChI is InChI=1S/C56H80N4O12/c1-35-9-19-45-37(3)49(65-51-55(45)43(35)21-23-53(5,67-51)69-71-55)63-33-39-11-15-41(16-12-39)47(61)57-25-7-27-59-29-31-60(32-30-59)28-8-26-58-48(62)42-17-13-40(14-18-42)34-64-50-38(4)46-20-10-36(2)44-22-24-54(6)68-52(66-50)56(44,46)72-70-54/h11-18,35-38,43-46,49-52H,7-10,19-34H2,1-6H3,(H,57,61)(H,58,62)/t35-,36-,37-,38-,43?,44?,45?,46?,49+,50+,51?,52?,53-,54-,55-,56-/m1/s1. The predicted molar refractivity (Wildman–Crippen MR) is 263 cm³/mol. The van der Waals surface area contributed by atoms with Gasteiger partial charge in [0.05, 0.1) is 13.2 Å². The van der Waals surface area contributed by atoms with Gasteiger partial charge in [-0.05, 0) is 137 Å². The van der Waals surface area contributed by atoms with Crippen molar-refractivity contribution in [2.24, 2.45) is 47.3 Å². The molecule has 72 heavy (non-hydrogen) atoms. The molecular weight excluding hydrogens is 921 g/mol. The number of ether oxygens (including phenoxy) is 6. The minimum Gasteiger partial charge on any atom is -0.352 e. The third-order valence-corrected chi connectivity index (χ3v) is 18.8. The Bertz CT molecular complexity index is 2060. The number of nitrogens with zero attached hydrogens (tertiary/aromatic N) is 2. The molecule has 2 amide bonds. The molecule has 6 unspecified atom stereocenters. The average Bonchev–Trinajstić information content (AvgIpc) is 3.77. The molecule has 2 spiro atoms. The van der Waals surface area contributed by atoms with Crippen molar-refractivity contribution in [3.05, 3.63) is 70.8 Å². The molecule has 2 aromatic rings. The molecule has 16 nitrogen and oxygen atoms in total. The molecule has 2 N–H and O–H groups in total. The minimum atomic E-state index is -0.817. The Kier molecular flexibility index (Phi) is 14.7. The number of benzene rings is 2. The van der Waals surface area contributed by atoms with Gasteiger partial charge in [-0.25, -0.2) is 19.6 Å². The summed E-state index contributed by atoms with van der Waals surface area (Å²) in [4.78, 5) is 55.5. The molecule has 4 bridgehead atoms. The summed E-state index contributed by atoms with van der Waals surface area (Å²) < 4.78 is 39.0. The number of fused-ring (bicyclic) bond motifs is 4. The number of hydrogen-bond acceptors (Lipinski definition) is 14. The van der Waals surface area contributed by atoms with Crippen LogP contribution in [0.5, 0.6) is 0 Å². The van der Waals surface area contributed by atoms with Gasteiger partial charge in [-0.1, -0.05) is 52.0 Å². The van der Waals surface area contributed by atoms with Crippen LogP contribution < -0.4 is 10.6 Å². The lowest BCUT2D eigenvalue weighted by molar-refractivity contribution is -0.577. The molecule has 396 valence electrons. The highest BCUT2D eigenvalue weighted by Gasteiger charge is 2.71. The molecule has 11 aliphatic rings. The highest BCUT2D eigenvalue weighted by Crippen LogP contribution is 2.62. The monoisotopic (exact) mass is 1000 g/mol. The molecule has 16 heteroatoms. The summed E-state index contributed by atoms with van der Waals surface area (Å²) in [7, 11) is 0. The minimum absolute atomic E-state index is 0.0680. The Morgan fingerprint density at radius 2 is 0.958 bits per heavy atom. The average molecular weight is 1000 g/mol. The number of rotatable bonds is 16. The number of amides is 2.